The molecule has 0 saturated heterocycles. The summed E-state index contributed by atoms with van der Waals surface area (Å²) < 4.78 is 5.53. The van der Waals surface area contributed by atoms with Crippen molar-refractivity contribution in [1.29, 1.82) is 0 Å². The van der Waals surface area contributed by atoms with Gasteiger partial charge in [-0.15, -0.1) is 0 Å². The second-order valence-electron chi connectivity index (χ2n) is 6.57. The molecule has 1 aliphatic heterocycles. The molecular weight excluding hydrogens is 298 g/mol. The standard InChI is InChI=1S/C21H21NO2/c1-22-12-16-10-17(23)8-9-18(16)20(13-22)15-7-6-14-4-3-5-21(24-2)19(14)11-15/h3-11,20,23H,12-13H2,1-2H3. The SMILES string of the molecule is COc1cccc2ccc(C3CN(C)Cc4cc(O)ccc43)cc12. The van der Waals surface area contributed by atoms with Gasteiger partial charge in [-0.2, -0.15) is 0 Å². The lowest BCUT2D eigenvalue weighted by molar-refractivity contribution is 0.294. The first-order chi connectivity index (χ1) is 11.7. The van der Waals surface area contributed by atoms with Crippen LogP contribution < -0.4 is 4.74 Å². The van der Waals surface area contributed by atoms with E-state index >= 15 is 0 Å². The Hall–Kier alpha value is -2.52. The van der Waals surface area contributed by atoms with Gasteiger partial charge in [0.15, 0.2) is 0 Å². The number of aromatic hydroxyl groups is 1. The fourth-order valence-corrected chi connectivity index (χ4v) is 3.78. The minimum Gasteiger partial charge on any atom is -0.508 e. The maximum absolute atomic E-state index is 9.81. The maximum atomic E-state index is 9.81. The van der Waals surface area contributed by atoms with E-state index in [1.54, 1.807) is 13.2 Å². The van der Waals surface area contributed by atoms with Gasteiger partial charge in [0.25, 0.3) is 0 Å². The third kappa shape index (κ3) is 2.51. The summed E-state index contributed by atoms with van der Waals surface area (Å²) in [5.41, 5.74) is 3.79. The Morgan fingerprint density at radius 2 is 1.96 bits per heavy atom. The first-order valence-corrected chi connectivity index (χ1v) is 8.22. The number of methoxy groups -OCH3 is 1. The van der Waals surface area contributed by atoms with Crippen molar-refractivity contribution in [3.05, 3.63) is 71.3 Å². The van der Waals surface area contributed by atoms with Crippen LogP contribution in [0.3, 0.4) is 0 Å². The Bertz CT molecular complexity index is 903. The highest BCUT2D eigenvalue weighted by Crippen LogP contribution is 2.37. The predicted octanol–water partition coefficient (Wildman–Crippen LogP) is 4.13. The molecular formula is C21H21NO2. The van der Waals surface area contributed by atoms with E-state index in [0.29, 0.717) is 11.7 Å². The molecule has 3 aromatic carbocycles. The molecule has 3 nitrogen and oxygen atoms in total. The molecule has 0 spiro atoms. The minimum absolute atomic E-state index is 0.300. The van der Waals surface area contributed by atoms with Crippen LogP contribution in [0.1, 0.15) is 22.6 Å². The second kappa shape index (κ2) is 5.84. The summed E-state index contributed by atoms with van der Waals surface area (Å²) in [6.45, 7) is 1.84. The van der Waals surface area contributed by atoms with Crippen LogP contribution in [-0.2, 0) is 6.54 Å². The van der Waals surface area contributed by atoms with Crippen LogP contribution >= 0.6 is 0 Å². The summed E-state index contributed by atoms with van der Waals surface area (Å²) in [5, 5.41) is 12.1. The van der Waals surface area contributed by atoms with Gasteiger partial charge in [0, 0.05) is 24.4 Å². The van der Waals surface area contributed by atoms with E-state index < -0.39 is 0 Å². The zero-order chi connectivity index (χ0) is 16.7. The molecule has 1 atom stereocenters. The molecule has 24 heavy (non-hydrogen) atoms. The van der Waals surface area contributed by atoms with E-state index in [4.69, 9.17) is 4.74 Å². The van der Waals surface area contributed by atoms with Gasteiger partial charge in [-0.05, 0) is 53.4 Å². The largest absolute Gasteiger partial charge is 0.508 e. The Kier molecular flexibility index (Phi) is 3.66. The van der Waals surface area contributed by atoms with Gasteiger partial charge < -0.3 is 14.7 Å². The van der Waals surface area contributed by atoms with Crippen LogP contribution in [-0.4, -0.2) is 30.7 Å². The molecule has 0 aromatic heterocycles. The number of hydrogen-bond donors (Lipinski definition) is 1. The monoisotopic (exact) mass is 319 g/mol. The van der Waals surface area contributed by atoms with Crippen LogP contribution in [0, 0.1) is 0 Å². The first kappa shape index (κ1) is 15.0. The molecule has 0 amide bonds. The van der Waals surface area contributed by atoms with Crippen molar-refractivity contribution in [3.8, 4) is 11.5 Å². The van der Waals surface area contributed by atoms with Crippen LogP contribution in [0.25, 0.3) is 10.8 Å². The van der Waals surface area contributed by atoms with Crippen molar-refractivity contribution in [2.45, 2.75) is 12.5 Å². The number of likely N-dealkylation sites (N-methyl/N-ethyl adjacent to an activating group) is 1. The third-order valence-electron chi connectivity index (χ3n) is 4.92. The molecule has 4 rings (SSSR count). The van der Waals surface area contributed by atoms with Crippen LogP contribution in [0.2, 0.25) is 0 Å². The maximum Gasteiger partial charge on any atom is 0.126 e. The van der Waals surface area contributed by atoms with E-state index in [0.717, 1.165) is 24.2 Å². The Morgan fingerprint density at radius 3 is 2.79 bits per heavy atom. The molecule has 3 aromatic rings. The number of phenolic OH excluding ortho intramolecular Hbond substituents is 1. The number of phenols is 1. The lowest BCUT2D eigenvalue weighted by atomic mass is 9.84. The lowest BCUT2D eigenvalue weighted by Gasteiger charge is -2.33. The van der Waals surface area contributed by atoms with Gasteiger partial charge in [0.05, 0.1) is 7.11 Å². The van der Waals surface area contributed by atoms with Gasteiger partial charge in [-0.1, -0.05) is 30.3 Å². The van der Waals surface area contributed by atoms with Gasteiger partial charge in [0.1, 0.15) is 11.5 Å². The zero-order valence-electron chi connectivity index (χ0n) is 14.0. The normalized spacial score (nSPS) is 17.7. The number of benzene rings is 3. The molecule has 0 fully saturated rings. The van der Waals surface area contributed by atoms with Crippen molar-refractivity contribution in [1.82, 2.24) is 4.90 Å². The van der Waals surface area contributed by atoms with Gasteiger partial charge in [-0.3, -0.25) is 0 Å². The van der Waals surface area contributed by atoms with Crippen LogP contribution in [0.5, 0.6) is 11.5 Å². The van der Waals surface area contributed by atoms with Crippen molar-refractivity contribution in [2.75, 3.05) is 20.7 Å². The van der Waals surface area contributed by atoms with Gasteiger partial charge >= 0.3 is 0 Å². The summed E-state index contributed by atoms with van der Waals surface area (Å²) in [5.74, 6) is 1.54. The number of hydrogen-bond acceptors (Lipinski definition) is 3. The molecule has 0 saturated carbocycles. The molecule has 0 bridgehead atoms. The number of fused-ring (bicyclic) bond motifs is 2. The summed E-state index contributed by atoms with van der Waals surface area (Å²) in [6, 6.07) is 18.5. The van der Waals surface area contributed by atoms with E-state index in [9.17, 15) is 5.11 Å². The van der Waals surface area contributed by atoms with Crippen molar-refractivity contribution < 1.29 is 9.84 Å². The van der Waals surface area contributed by atoms with Crippen molar-refractivity contribution >= 4 is 10.8 Å². The summed E-state index contributed by atoms with van der Waals surface area (Å²) in [6.07, 6.45) is 0. The third-order valence-corrected chi connectivity index (χ3v) is 4.92. The van der Waals surface area contributed by atoms with Gasteiger partial charge in [-0.25, -0.2) is 0 Å². The Balaban J connectivity index is 1.86. The molecule has 1 heterocycles. The number of nitrogens with zero attached hydrogens (tertiary/aromatic N) is 1. The molecule has 0 radical (unpaired) electrons. The quantitative estimate of drug-likeness (QED) is 0.771. The van der Waals surface area contributed by atoms with E-state index in [1.165, 1.54) is 22.1 Å². The molecule has 1 aliphatic rings. The van der Waals surface area contributed by atoms with Crippen LogP contribution in [0.15, 0.2) is 54.6 Å². The van der Waals surface area contributed by atoms with Crippen molar-refractivity contribution in [3.63, 3.8) is 0 Å². The van der Waals surface area contributed by atoms with E-state index in [-0.39, 0.29) is 0 Å². The van der Waals surface area contributed by atoms with Gasteiger partial charge in [0.2, 0.25) is 0 Å². The molecule has 1 unspecified atom stereocenters. The average Bonchev–Trinajstić information content (AvgIpc) is 2.59. The minimum atomic E-state index is 0.300. The predicted molar refractivity (Wildman–Crippen MR) is 96.8 cm³/mol. The fraction of sp³-hybridized carbons (Fsp3) is 0.238. The highest BCUT2D eigenvalue weighted by Gasteiger charge is 2.25. The van der Waals surface area contributed by atoms with E-state index in [2.05, 4.69) is 42.3 Å². The summed E-state index contributed by atoms with van der Waals surface area (Å²) in [7, 11) is 3.84. The molecule has 3 heteroatoms. The zero-order valence-corrected chi connectivity index (χ0v) is 14.0. The number of ether oxygens (including phenoxy) is 1. The summed E-state index contributed by atoms with van der Waals surface area (Å²) >= 11 is 0. The smallest absolute Gasteiger partial charge is 0.126 e. The van der Waals surface area contributed by atoms with E-state index in [1.807, 2.05) is 18.2 Å². The highest BCUT2D eigenvalue weighted by molar-refractivity contribution is 5.89. The molecule has 1 N–H and O–H groups in total. The molecule has 122 valence electrons. The fourth-order valence-electron chi connectivity index (χ4n) is 3.78. The molecule has 0 aliphatic carbocycles. The Labute approximate surface area is 142 Å². The average molecular weight is 319 g/mol. The van der Waals surface area contributed by atoms with Crippen molar-refractivity contribution in [2.24, 2.45) is 0 Å². The first-order valence-electron chi connectivity index (χ1n) is 8.22. The second-order valence-corrected chi connectivity index (χ2v) is 6.57. The Morgan fingerprint density at radius 1 is 1.08 bits per heavy atom. The highest BCUT2D eigenvalue weighted by atomic mass is 16.5. The van der Waals surface area contributed by atoms with Crippen LogP contribution in [0.4, 0.5) is 0 Å². The summed E-state index contributed by atoms with van der Waals surface area (Å²) in [4.78, 5) is 2.30. The number of rotatable bonds is 2. The topological polar surface area (TPSA) is 32.7 Å². The lowest BCUT2D eigenvalue weighted by Crippen LogP contribution is -2.30.